The van der Waals surface area contributed by atoms with Gasteiger partial charge < -0.3 is 10.0 Å². The minimum Gasteiger partial charge on any atom is -0.393 e. The summed E-state index contributed by atoms with van der Waals surface area (Å²) >= 11 is 1.75. The minimum atomic E-state index is -0.0433. The van der Waals surface area contributed by atoms with Crippen LogP contribution in [0.15, 0.2) is 0 Å². The second-order valence-corrected chi connectivity index (χ2v) is 4.23. The van der Waals surface area contributed by atoms with E-state index >= 15 is 0 Å². The first kappa shape index (κ1) is 10.3. The highest BCUT2D eigenvalue weighted by Gasteiger charge is 2.15. The first-order valence-corrected chi connectivity index (χ1v) is 5.50. The van der Waals surface area contributed by atoms with Gasteiger partial charge in [-0.15, -0.1) is 0 Å². The average molecular weight is 190 g/mol. The second-order valence-electron chi connectivity index (χ2n) is 3.13. The molecule has 0 aromatic carbocycles. The molecule has 1 heterocycles. The largest absolute Gasteiger partial charge is 0.393 e. The lowest BCUT2D eigenvalue weighted by molar-refractivity contribution is 0.0857. The summed E-state index contributed by atoms with van der Waals surface area (Å²) in [5.41, 5.74) is 0. The van der Waals surface area contributed by atoms with Crippen LogP contribution in [0, 0.1) is 0 Å². The number of nitrogens with one attached hydrogen (secondary N) is 1. The summed E-state index contributed by atoms with van der Waals surface area (Å²) in [5, 5.41) is 9.25. The maximum atomic E-state index is 9.25. The average Bonchev–Trinajstić information content (AvgIpc) is 2.09. The van der Waals surface area contributed by atoms with Crippen molar-refractivity contribution in [1.82, 2.24) is 9.62 Å². The number of piperidine rings is 1. The van der Waals surface area contributed by atoms with Crippen LogP contribution < -0.4 is 4.72 Å². The molecule has 0 amide bonds. The third kappa shape index (κ3) is 3.76. The molecule has 3 nitrogen and oxygen atoms in total. The van der Waals surface area contributed by atoms with Crippen LogP contribution in [-0.4, -0.2) is 48.5 Å². The van der Waals surface area contributed by atoms with Gasteiger partial charge >= 0.3 is 0 Å². The van der Waals surface area contributed by atoms with Crippen molar-refractivity contribution in [3.63, 3.8) is 0 Å². The maximum absolute atomic E-state index is 9.25. The summed E-state index contributed by atoms with van der Waals surface area (Å²) < 4.78 is 3.06. The van der Waals surface area contributed by atoms with Crippen molar-refractivity contribution in [2.24, 2.45) is 0 Å². The number of rotatable bonds is 4. The zero-order valence-corrected chi connectivity index (χ0v) is 8.44. The van der Waals surface area contributed by atoms with Gasteiger partial charge in [-0.05, 0) is 19.9 Å². The highest BCUT2D eigenvalue weighted by molar-refractivity contribution is 7.97. The smallest absolute Gasteiger partial charge is 0.0564 e. The van der Waals surface area contributed by atoms with E-state index in [1.807, 2.05) is 7.05 Å². The van der Waals surface area contributed by atoms with E-state index in [0.29, 0.717) is 0 Å². The number of likely N-dealkylation sites (tertiary alicyclic amines) is 1. The Balaban J connectivity index is 2.01. The molecule has 0 spiro atoms. The first-order valence-electron chi connectivity index (χ1n) is 4.52. The second kappa shape index (κ2) is 5.80. The lowest BCUT2D eigenvalue weighted by Crippen LogP contribution is -2.37. The summed E-state index contributed by atoms with van der Waals surface area (Å²) in [6.45, 7) is 3.26. The van der Waals surface area contributed by atoms with E-state index in [1.54, 1.807) is 11.9 Å². The standard InChI is InChI=1S/C8H18N2OS/c1-9-12-7-6-10-4-2-8(11)3-5-10/h8-9,11H,2-7H2,1H3. The topological polar surface area (TPSA) is 35.5 Å². The third-order valence-electron chi connectivity index (χ3n) is 2.21. The van der Waals surface area contributed by atoms with Crippen LogP contribution in [0.4, 0.5) is 0 Å². The molecule has 72 valence electrons. The van der Waals surface area contributed by atoms with Crippen molar-refractivity contribution in [3.05, 3.63) is 0 Å². The molecule has 4 heteroatoms. The number of aliphatic hydroxyl groups is 1. The van der Waals surface area contributed by atoms with Gasteiger partial charge in [-0.25, -0.2) is 0 Å². The molecule has 0 aromatic heterocycles. The van der Waals surface area contributed by atoms with Gasteiger partial charge in [0.05, 0.1) is 6.10 Å². The maximum Gasteiger partial charge on any atom is 0.0564 e. The van der Waals surface area contributed by atoms with Gasteiger partial charge in [-0.3, -0.25) is 4.72 Å². The van der Waals surface area contributed by atoms with Crippen molar-refractivity contribution in [2.45, 2.75) is 18.9 Å². The van der Waals surface area contributed by atoms with Gasteiger partial charge in [-0.1, -0.05) is 11.9 Å². The molecule has 0 aliphatic carbocycles. The fraction of sp³-hybridized carbons (Fsp3) is 1.00. The van der Waals surface area contributed by atoms with Crippen molar-refractivity contribution in [1.29, 1.82) is 0 Å². The minimum absolute atomic E-state index is 0.0433. The highest BCUT2D eigenvalue weighted by Crippen LogP contribution is 2.09. The first-order chi connectivity index (χ1) is 5.83. The fourth-order valence-electron chi connectivity index (χ4n) is 1.42. The predicted molar refractivity (Wildman–Crippen MR) is 53.2 cm³/mol. The summed E-state index contributed by atoms with van der Waals surface area (Å²) in [4.78, 5) is 2.41. The summed E-state index contributed by atoms with van der Waals surface area (Å²) in [7, 11) is 1.95. The summed E-state index contributed by atoms with van der Waals surface area (Å²) in [6.07, 6.45) is 1.85. The molecule has 0 atom stereocenters. The Morgan fingerprint density at radius 3 is 2.75 bits per heavy atom. The van der Waals surface area contributed by atoms with Gasteiger partial charge in [0.25, 0.3) is 0 Å². The summed E-state index contributed by atoms with van der Waals surface area (Å²) in [5.74, 6) is 1.13. The molecule has 0 saturated carbocycles. The Hall–Kier alpha value is 0.230. The Labute approximate surface area is 78.7 Å². The molecule has 1 saturated heterocycles. The van der Waals surface area contributed by atoms with Crippen LogP contribution in [0.2, 0.25) is 0 Å². The predicted octanol–water partition coefficient (Wildman–Crippen LogP) is 0.311. The number of hydrogen-bond donors (Lipinski definition) is 2. The van der Waals surface area contributed by atoms with Gasteiger partial charge in [0.1, 0.15) is 0 Å². The molecule has 12 heavy (non-hydrogen) atoms. The van der Waals surface area contributed by atoms with E-state index in [2.05, 4.69) is 9.62 Å². The molecule has 1 fully saturated rings. The van der Waals surface area contributed by atoms with Crippen LogP contribution >= 0.6 is 11.9 Å². The Morgan fingerprint density at radius 1 is 1.50 bits per heavy atom. The van der Waals surface area contributed by atoms with Gasteiger partial charge in [-0.2, -0.15) is 0 Å². The lowest BCUT2D eigenvalue weighted by Gasteiger charge is -2.29. The van der Waals surface area contributed by atoms with Crippen LogP contribution in [0.1, 0.15) is 12.8 Å². The van der Waals surface area contributed by atoms with Gasteiger partial charge in [0.15, 0.2) is 0 Å². The number of hydrogen-bond acceptors (Lipinski definition) is 4. The van der Waals surface area contributed by atoms with Crippen LogP contribution in [-0.2, 0) is 0 Å². The fourth-order valence-corrected chi connectivity index (χ4v) is 1.97. The Kier molecular flexibility index (Phi) is 4.99. The van der Waals surface area contributed by atoms with E-state index in [4.69, 9.17) is 0 Å². The van der Waals surface area contributed by atoms with E-state index in [-0.39, 0.29) is 6.10 Å². The van der Waals surface area contributed by atoms with Crippen molar-refractivity contribution in [3.8, 4) is 0 Å². The van der Waals surface area contributed by atoms with E-state index in [9.17, 15) is 5.11 Å². The molecule has 0 aromatic rings. The van der Waals surface area contributed by atoms with Crippen LogP contribution in [0.3, 0.4) is 0 Å². The third-order valence-corrected chi connectivity index (χ3v) is 2.89. The van der Waals surface area contributed by atoms with Crippen molar-refractivity contribution in [2.75, 3.05) is 32.4 Å². The molecule has 2 N–H and O–H groups in total. The Morgan fingerprint density at radius 2 is 2.17 bits per heavy atom. The SMILES string of the molecule is CNSCCN1CCC(O)CC1. The van der Waals surface area contributed by atoms with Crippen molar-refractivity contribution >= 4 is 11.9 Å². The van der Waals surface area contributed by atoms with Crippen LogP contribution in [0.25, 0.3) is 0 Å². The van der Waals surface area contributed by atoms with Gasteiger partial charge in [0, 0.05) is 25.4 Å². The summed E-state index contributed by atoms with van der Waals surface area (Å²) in [6, 6.07) is 0. The van der Waals surface area contributed by atoms with Crippen molar-refractivity contribution < 1.29 is 5.11 Å². The molecular formula is C8H18N2OS. The zero-order chi connectivity index (χ0) is 8.81. The quantitative estimate of drug-likeness (QED) is 0.494. The van der Waals surface area contributed by atoms with E-state index < -0.39 is 0 Å². The molecule has 1 aliphatic heterocycles. The van der Waals surface area contributed by atoms with Gasteiger partial charge in [0.2, 0.25) is 0 Å². The number of aliphatic hydroxyl groups excluding tert-OH is 1. The van der Waals surface area contributed by atoms with Crippen LogP contribution in [0.5, 0.6) is 0 Å². The monoisotopic (exact) mass is 190 g/mol. The number of nitrogens with zero attached hydrogens (tertiary/aromatic N) is 1. The molecular weight excluding hydrogens is 172 g/mol. The lowest BCUT2D eigenvalue weighted by atomic mass is 10.1. The highest BCUT2D eigenvalue weighted by atomic mass is 32.2. The zero-order valence-electron chi connectivity index (χ0n) is 7.62. The molecule has 0 unspecified atom stereocenters. The molecule has 0 bridgehead atoms. The van der Waals surface area contributed by atoms with E-state index in [0.717, 1.165) is 38.2 Å². The molecule has 0 radical (unpaired) electrons. The molecule has 1 aliphatic rings. The normalized spacial score (nSPS) is 21.5. The Bertz CT molecular complexity index is 116. The molecule has 1 rings (SSSR count). The van der Waals surface area contributed by atoms with E-state index in [1.165, 1.54) is 0 Å².